The zero-order valence-corrected chi connectivity index (χ0v) is 30.4. The van der Waals surface area contributed by atoms with Crippen molar-refractivity contribution in [3.63, 3.8) is 0 Å². The van der Waals surface area contributed by atoms with Crippen LogP contribution in [0.25, 0.3) is 88.6 Å². The fourth-order valence-electron chi connectivity index (χ4n) is 8.21. The average molecular weight is 736 g/mol. The maximum atomic E-state index is 16.4. The molecule has 8 heteroatoms. The van der Waals surface area contributed by atoms with Crippen LogP contribution in [-0.4, -0.2) is 24.1 Å². The number of para-hydroxylation sites is 2. The molecule has 0 aliphatic heterocycles. The van der Waals surface area contributed by atoms with Crippen LogP contribution in [0.4, 0.5) is 13.2 Å². The molecule has 0 saturated carbocycles. The smallest absolute Gasteiger partial charge is 0.309 e. The second-order valence-corrected chi connectivity index (χ2v) is 14.0. The molecule has 0 aliphatic rings. The first-order valence-electron chi connectivity index (χ1n) is 18.4. The van der Waals surface area contributed by atoms with E-state index in [1.165, 1.54) is 0 Å². The van der Waals surface area contributed by atoms with Gasteiger partial charge in [0.1, 0.15) is 17.2 Å². The van der Waals surface area contributed by atoms with Crippen LogP contribution < -0.4 is 0 Å². The van der Waals surface area contributed by atoms with Crippen LogP contribution in [0.5, 0.6) is 0 Å². The summed E-state index contributed by atoms with van der Waals surface area (Å²) >= 11 is 0. The molecule has 0 unspecified atom stereocenters. The number of aryl methyl sites for hydroxylation is 2. The molecule has 7 aromatic carbocycles. The highest BCUT2D eigenvalue weighted by atomic mass is 19.4. The third-order valence-corrected chi connectivity index (χ3v) is 10.5. The van der Waals surface area contributed by atoms with Crippen molar-refractivity contribution in [3.8, 4) is 45.0 Å². The van der Waals surface area contributed by atoms with Crippen LogP contribution >= 0.6 is 0 Å². The lowest BCUT2D eigenvalue weighted by molar-refractivity contribution is -0.137. The minimum absolute atomic E-state index is 0.0257. The lowest BCUT2D eigenvalue weighted by atomic mass is 10.0. The van der Waals surface area contributed by atoms with E-state index in [1.807, 2.05) is 146 Å². The second-order valence-electron chi connectivity index (χ2n) is 14.0. The molecule has 3 aromatic heterocycles. The van der Waals surface area contributed by atoms with E-state index in [9.17, 15) is 0 Å². The Morgan fingerprint density at radius 3 is 1.25 bits per heavy atom. The van der Waals surface area contributed by atoms with E-state index in [0.29, 0.717) is 45.1 Å². The molecule has 0 amide bonds. The molecule has 0 aliphatic carbocycles. The van der Waals surface area contributed by atoms with Gasteiger partial charge in [0.25, 0.3) is 0 Å². The van der Waals surface area contributed by atoms with Gasteiger partial charge >= 0.3 is 6.18 Å². The Morgan fingerprint density at radius 2 is 0.804 bits per heavy atom. The Balaban J connectivity index is 1.39. The van der Waals surface area contributed by atoms with E-state index in [-0.39, 0.29) is 11.4 Å². The molecular weight excluding hydrogens is 704 g/mol. The maximum Gasteiger partial charge on any atom is 0.420 e. The van der Waals surface area contributed by atoms with Crippen molar-refractivity contribution >= 4 is 43.6 Å². The summed E-state index contributed by atoms with van der Waals surface area (Å²) in [5.41, 5.74) is 5.94. The predicted molar refractivity (Wildman–Crippen MR) is 219 cm³/mol. The Kier molecular flexibility index (Phi) is 7.64. The van der Waals surface area contributed by atoms with Gasteiger partial charge in [-0.05, 0) is 72.5 Å². The maximum absolute atomic E-state index is 16.4. The van der Waals surface area contributed by atoms with Crippen molar-refractivity contribution in [1.29, 1.82) is 0 Å². The molecule has 3 heterocycles. The monoisotopic (exact) mass is 735 g/mol. The molecule has 0 radical (unpaired) electrons. The van der Waals surface area contributed by atoms with E-state index < -0.39 is 11.7 Å². The van der Waals surface area contributed by atoms with Crippen LogP contribution in [0, 0.1) is 13.8 Å². The summed E-state index contributed by atoms with van der Waals surface area (Å²) in [5.74, 6) is 1.25. The zero-order chi connectivity index (χ0) is 38.1. The van der Waals surface area contributed by atoms with Gasteiger partial charge in [0.05, 0.1) is 33.4 Å². The van der Waals surface area contributed by atoms with E-state index in [4.69, 9.17) is 0 Å². The van der Waals surface area contributed by atoms with Gasteiger partial charge in [-0.2, -0.15) is 13.2 Å². The number of alkyl halides is 3. The van der Waals surface area contributed by atoms with Gasteiger partial charge in [-0.25, -0.2) is 15.0 Å². The van der Waals surface area contributed by atoms with Crippen molar-refractivity contribution in [3.05, 3.63) is 175 Å². The Labute approximate surface area is 320 Å². The van der Waals surface area contributed by atoms with Gasteiger partial charge in [-0.3, -0.25) is 0 Å². The highest BCUT2D eigenvalue weighted by Crippen LogP contribution is 2.46. The lowest BCUT2D eigenvalue weighted by Gasteiger charge is -2.23. The van der Waals surface area contributed by atoms with Crippen LogP contribution in [0.1, 0.15) is 17.2 Å². The predicted octanol–water partition coefficient (Wildman–Crippen LogP) is 12.7. The summed E-state index contributed by atoms with van der Waals surface area (Å²) in [6.07, 6.45) is -4.79. The van der Waals surface area contributed by atoms with Crippen molar-refractivity contribution in [2.24, 2.45) is 0 Å². The van der Waals surface area contributed by atoms with Gasteiger partial charge in [0.2, 0.25) is 0 Å². The fourth-order valence-corrected chi connectivity index (χ4v) is 8.21. The first kappa shape index (κ1) is 33.5. The quantitative estimate of drug-likeness (QED) is 0.177. The number of hydrogen-bond donors (Lipinski definition) is 0. The van der Waals surface area contributed by atoms with Gasteiger partial charge < -0.3 is 9.13 Å². The first-order chi connectivity index (χ1) is 27.2. The highest BCUT2D eigenvalue weighted by molar-refractivity contribution is 6.12. The number of fused-ring (bicyclic) bond motifs is 6. The number of halogens is 3. The molecule has 5 nitrogen and oxygen atoms in total. The summed E-state index contributed by atoms with van der Waals surface area (Å²) in [4.78, 5) is 13.7. The molecule has 0 saturated heterocycles. The molecule has 0 bridgehead atoms. The molecule has 0 spiro atoms. The van der Waals surface area contributed by atoms with Crippen LogP contribution in [0.2, 0.25) is 0 Å². The Hall–Kier alpha value is -7.06. The Morgan fingerprint density at radius 1 is 0.393 bits per heavy atom. The largest absolute Gasteiger partial charge is 0.420 e. The van der Waals surface area contributed by atoms with Crippen molar-refractivity contribution < 1.29 is 13.2 Å². The highest BCUT2D eigenvalue weighted by Gasteiger charge is 2.40. The van der Waals surface area contributed by atoms with Crippen molar-refractivity contribution in [1.82, 2.24) is 24.1 Å². The van der Waals surface area contributed by atoms with E-state index in [1.54, 1.807) is 35.1 Å². The summed E-state index contributed by atoms with van der Waals surface area (Å²) in [6, 6.07) is 50.2. The van der Waals surface area contributed by atoms with Gasteiger partial charge in [-0.1, -0.05) is 121 Å². The molecule has 0 atom stereocenters. The minimum atomic E-state index is -4.79. The van der Waals surface area contributed by atoms with E-state index in [0.717, 1.165) is 43.8 Å². The summed E-state index contributed by atoms with van der Waals surface area (Å²) in [7, 11) is 0. The van der Waals surface area contributed by atoms with Crippen molar-refractivity contribution in [2.75, 3.05) is 0 Å². The third kappa shape index (κ3) is 5.44. The molecule has 0 fully saturated rings. The van der Waals surface area contributed by atoms with Crippen molar-refractivity contribution in [2.45, 2.75) is 20.0 Å². The van der Waals surface area contributed by atoms with E-state index in [2.05, 4.69) is 15.0 Å². The molecule has 56 heavy (non-hydrogen) atoms. The third-order valence-electron chi connectivity index (χ3n) is 10.5. The molecule has 10 aromatic rings. The second kappa shape index (κ2) is 12.8. The van der Waals surface area contributed by atoms with Gasteiger partial charge in [0, 0.05) is 27.1 Å². The number of rotatable bonds is 5. The first-order valence-corrected chi connectivity index (χ1v) is 18.4. The minimum Gasteiger partial charge on any atom is -0.309 e. The molecule has 0 N–H and O–H groups in total. The Bertz CT molecular complexity index is 2940. The normalized spacial score (nSPS) is 12.0. The summed E-state index contributed by atoms with van der Waals surface area (Å²) < 4.78 is 52.6. The standard InChI is InChI=1S/C48H32F3N5/c1-29-52-30(2)54-47(53-29)35-27-44(55-40-19-11-9-17-36(40)38-23-21-33(25-42(38)55)31-13-5-3-6-14-31)46(48(49,50)51)45(28-35)56-41-20-12-10-18-37(41)39-24-22-34(26-43(39)56)32-15-7-4-8-16-32/h3-28H,1-2H3. The van der Waals surface area contributed by atoms with Gasteiger partial charge in [-0.15, -0.1) is 0 Å². The fraction of sp³-hybridized carbons (Fsp3) is 0.0625. The van der Waals surface area contributed by atoms with E-state index >= 15 is 13.2 Å². The van der Waals surface area contributed by atoms with Gasteiger partial charge in [0.15, 0.2) is 5.82 Å². The number of hydrogen-bond acceptors (Lipinski definition) is 3. The number of nitrogens with zero attached hydrogens (tertiary/aromatic N) is 5. The topological polar surface area (TPSA) is 48.5 Å². The molecular formula is C48H32F3N5. The number of benzene rings is 7. The molecule has 10 rings (SSSR count). The lowest BCUT2D eigenvalue weighted by Crippen LogP contribution is -2.16. The summed E-state index contributed by atoms with van der Waals surface area (Å²) in [5, 5.41) is 3.38. The van der Waals surface area contributed by atoms with Crippen LogP contribution in [0.3, 0.4) is 0 Å². The van der Waals surface area contributed by atoms with Crippen LogP contribution in [0.15, 0.2) is 158 Å². The zero-order valence-electron chi connectivity index (χ0n) is 30.4. The van der Waals surface area contributed by atoms with Crippen LogP contribution in [-0.2, 0) is 6.18 Å². The average Bonchev–Trinajstić information content (AvgIpc) is 3.72. The SMILES string of the molecule is Cc1nc(C)nc(-c2cc(-n3c4ccccc4c4ccc(-c5ccccc5)cc43)c(C(F)(F)F)c(-n3c4ccccc4c4ccc(-c5ccccc5)cc43)c2)n1. The molecule has 270 valence electrons. The number of aromatic nitrogens is 5. The summed E-state index contributed by atoms with van der Waals surface area (Å²) in [6.45, 7) is 3.53.